The molecule has 90 valence electrons. The minimum absolute atomic E-state index is 0.0848. The van der Waals surface area contributed by atoms with Crippen LogP contribution in [0.3, 0.4) is 0 Å². The molecule has 0 aliphatic carbocycles. The van der Waals surface area contributed by atoms with Gasteiger partial charge in [0.05, 0.1) is 0 Å². The molecule has 0 aliphatic heterocycles. The van der Waals surface area contributed by atoms with Gasteiger partial charge in [0.2, 0.25) is 0 Å². The summed E-state index contributed by atoms with van der Waals surface area (Å²) in [5.41, 5.74) is -0.237. The summed E-state index contributed by atoms with van der Waals surface area (Å²) >= 11 is 1.36. The zero-order valence-corrected chi connectivity index (χ0v) is 10.5. The fourth-order valence-electron chi connectivity index (χ4n) is 1.37. The molecule has 0 spiro atoms. The van der Waals surface area contributed by atoms with Crippen LogP contribution in [0.15, 0.2) is 22.6 Å². The first-order valence-corrected chi connectivity index (χ1v) is 6.20. The predicted molar refractivity (Wildman–Crippen MR) is 66.5 cm³/mol. The van der Waals surface area contributed by atoms with E-state index in [2.05, 4.69) is 10.3 Å². The fraction of sp³-hybridized carbons (Fsp3) is 0.364. The zero-order chi connectivity index (χ0) is 12.4. The molecular formula is C11H13N3O2S. The van der Waals surface area contributed by atoms with Crippen molar-refractivity contribution in [2.24, 2.45) is 5.92 Å². The summed E-state index contributed by atoms with van der Waals surface area (Å²) < 4.78 is 1.38. The highest BCUT2D eigenvalue weighted by Crippen LogP contribution is 2.05. The lowest BCUT2D eigenvalue weighted by molar-refractivity contribution is 0.0947. The zero-order valence-electron chi connectivity index (χ0n) is 9.64. The maximum atomic E-state index is 11.9. The van der Waals surface area contributed by atoms with E-state index in [1.807, 2.05) is 13.8 Å². The van der Waals surface area contributed by atoms with Crippen molar-refractivity contribution >= 4 is 22.2 Å². The topological polar surface area (TPSA) is 63.5 Å². The summed E-state index contributed by atoms with van der Waals surface area (Å²) in [5, 5.41) is 4.47. The van der Waals surface area contributed by atoms with Gasteiger partial charge in [0, 0.05) is 24.3 Å². The van der Waals surface area contributed by atoms with Crippen molar-refractivity contribution < 1.29 is 4.79 Å². The summed E-state index contributed by atoms with van der Waals surface area (Å²) in [6.45, 7) is 4.53. The average Bonchev–Trinajstić information content (AvgIpc) is 2.75. The largest absolute Gasteiger partial charge is 0.352 e. The molecule has 2 heterocycles. The Hall–Kier alpha value is -1.69. The monoisotopic (exact) mass is 251 g/mol. The Bertz CT molecular complexity index is 600. The molecule has 6 heteroatoms. The fourth-order valence-corrected chi connectivity index (χ4v) is 2.05. The van der Waals surface area contributed by atoms with Crippen molar-refractivity contribution in [3.05, 3.63) is 33.7 Å². The quantitative estimate of drug-likeness (QED) is 0.889. The number of carbonyl (C=O) groups is 1. The molecule has 0 unspecified atom stereocenters. The summed E-state index contributed by atoms with van der Waals surface area (Å²) in [7, 11) is 0. The third-order valence-electron chi connectivity index (χ3n) is 2.26. The number of hydrogen-bond donors (Lipinski definition) is 1. The number of thiazole rings is 1. The van der Waals surface area contributed by atoms with Gasteiger partial charge in [0.25, 0.3) is 11.5 Å². The molecule has 0 aliphatic rings. The van der Waals surface area contributed by atoms with Gasteiger partial charge < -0.3 is 5.32 Å². The number of aromatic nitrogens is 2. The maximum absolute atomic E-state index is 11.9. The highest BCUT2D eigenvalue weighted by Gasteiger charge is 2.13. The van der Waals surface area contributed by atoms with Crippen molar-refractivity contribution in [2.75, 3.05) is 6.54 Å². The first-order chi connectivity index (χ1) is 8.09. The van der Waals surface area contributed by atoms with Crippen LogP contribution in [0.5, 0.6) is 0 Å². The molecule has 5 nitrogen and oxygen atoms in total. The lowest BCUT2D eigenvalue weighted by Crippen LogP contribution is -2.33. The van der Waals surface area contributed by atoms with E-state index in [1.54, 1.807) is 11.6 Å². The predicted octanol–water partition coefficient (Wildman–Crippen LogP) is 1.14. The summed E-state index contributed by atoms with van der Waals surface area (Å²) in [6, 6.07) is 0. The van der Waals surface area contributed by atoms with E-state index < -0.39 is 0 Å². The third-order valence-corrected chi connectivity index (χ3v) is 3.03. The van der Waals surface area contributed by atoms with Gasteiger partial charge >= 0.3 is 0 Å². The van der Waals surface area contributed by atoms with Gasteiger partial charge in [-0.05, 0) is 5.92 Å². The number of amides is 1. The van der Waals surface area contributed by atoms with Crippen LogP contribution >= 0.6 is 11.3 Å². The molecule has 0 saturated heterocycles. The molecule has 1 amide bonds. The minimum Gasteiger partial charge on any atom is -0.352 e. The highest BCUT2D eigenvalue weighted by atomic mass is 32.1. The Morgan fingerprint density at radius 2 is 2.35 bits per heavy atom. The number of carbonyl (C=O) groups excluding carboxylic acids is 1. The van der Waals surface area contributed by atoms with E-state index in [1.165, 1.54) is 21.9 Å². The Balaban J connectivity index is 2.32. The van der Waals surface area contributed by atoms with Crippen LogP contribution in [-0.4, -0.2) is 21.8 Å². The van der Waals surface area contributed by atoms with E-state index >= 15 is 0 Å². The SMILES string of the molecule is CC(C)CNC(=O)c1cnc2sccn2c1=O. The Morgan fingerprint density at radius 1 is 1.59 bits per heavy atom. The lowest BCUT2D eigenvalue weighted by Gasteiger charge is -2.06. The Labute approximate surface area is 102 Å². The Morgan fingerprint density at radius 3 is 3.06 bits per heavy atom. The van der Waals surface area contributed by atoms with Gasteiger partial charge in [-0.15, -0.1) is 11.3 Å². The molecule has 0 atom stereocenters. The molecule has 0 aromatic carbocycles. The molecule has 0 saturated carbocycles. The third kappa shape index (κ3) is 2.36. The van der Waals surface area contributed by atoms with Crippen molar-refractivity contribution in [1.82, 2.24) is 14.7 Å². The normalized spacial score (nSPS) is 11.0. The van der Waals surface area contributed by atoms with Gasteiger partial charge in [0.1, 0.15) is 5.56 Å². The van der Waals surface area contributed by atoms with Gasteiger partial charge in [-0.1, -0.05) is 13.8 Å². The van der Waals surface area contributed by atoms with Crippen LogP contribution in [0, 0.1) is 5.92 Å². The lowest BCUT2D eigenvalue weighted by atomic mass is 10.2. The molecule has 17 heavy (non-hydrogen) atoms. The average molecular weight is 251 g/mol. The number of fused-ring (bicyclic) bond motifs is 1. The van der Waals surface area contributed by atoms with Crippen LogP contribution in [0.2, 0.25) is 0 Å². The molecule has 1 N–H and O–H groups in total. The van der Waals surface area contributed by atoms with Crippen LogP contribution in [0.4, 0.5) is 0 Å². The van der Waals surface area contributed by atoms with E-state index in [0.717, 1.165) is 0 Å². The van der Waals surface area contributed by atoms with Gasteiger partial charge in [-0.2, -0.15) is 0 Å². The molecule has 0 fully saturated rings. The van der Waals surface area contributed by atoms with Crippen molar-refractivity contribution in [1.29, 1.82) is 0 Å². The highest BCUT2D eigenvalue weighted by molar-refractivity contribution is 7.15. The van der Waals surface area contributed by atoms with E-state index in [4.69, 9.17) is 0 Å². The number of hydrogen-bond acceptors (Lipinski definition) is 4. The van der Waals surface area contributed by atoms with E-state index in [-0.39, 0.29) is 17.0 Å². The maximum Gasteiger partial charge on any atom is 0.271 e. The summed E-state index contributed by atoms with van der Waals surface area (Å²) in [4.78, 5) is 28.4. The van der Waals surface area contributed by atoms with Crippen molar-refractivity contribution in [3.63, 3.8) is 0 Å². The summed E-state index contributed by atoms with van der Waals surface area (Å²) in [6.07, 6.45) is 2.96. The minimum atomic E-state index is -0.364. The van der Waals surface area contributed by atoms with Crippen LogP contribution < -0.4 is 10.9 Å². The standard InChI is InChI=1S/C11H13N3O2S/c1-7(2)5-12-9(15)8-6-13-11-14(10(8)16)3-4-17-11/h3-4,6-7H,5H2,1-2H3,(H,12,15). The van der Waals surface area contributed by atoms with Gasteiger partial charge in [-0.25, -0.2) is 4.98 Å². The molecular weight excluding hydrogens is 238 g/mol. The van der Waals surface area contributed by atoms with Gasteiger partial charge in [0.15, 0.2) is 4.96 Å². The summed E-state index contributed by atoms with van der Waals surface area (Å²) in [5.74, 6) is -0.0173. The molecule has 0 bridgehead atoms. The van der Waals surface area contributed by atoms with Crippen LogP contribution in [-0.2, 0) is 0 Å². The molecule has 0 radical (unpaired) electrons. The van der Waals surface area contributed by atoms with Crippen molar-refractivity contribution in [2.45, 2.75) is 13.8 Å². The van der Waals surface area contributed by atoms with Crippen molar-refractivity contribution in [3.8, 4) is 0 Å². The number of rotatable bonds is 3. The van der Waals surface area contributed by atoms with Gasteiger partial charge in [-0.3, -0.25) is 14.0 Å². The van der Waals surface area contributed by atoms with Crippen LogP contribution in [0.1, 0.15) is 24.2 Å². The molecule has 2 aromatic rings. The van der Waals surface area contributed by atoms with E-state index in [9.17, 15) is 9.59 Å². The number of nitrogens with one attached hydrogen (secondary N) is 1. The first-order valence-electron chi connectivity index (χ1n) is 5.32. The first kappa shape index (κ1) is 11.8. The number of nitrogens with zero attached hydrogens (tertiary/aromatic N) is 2. The molecule has 2 rings (SSSR count). The second kappa shape index (κ2) is 4.67. The van der Waals surface area contributed by atoms with E-state index in [0.29, 0.717) is 17.4 Å². The second-order valence-corrected chi connectivity index (χ2v) is 5.01. The second-order valence-electron chi connectivity index (χ2n) is 4.14. The Kier molecular flexibility index (Phi) is 3.23. The smallest absolute Gasteiger partial charge is 0.271 e. The van der Waals surface area contributed by atoms with Crippen LogP contribution in [0.25, 0.3) is 4.96 Å². The molecule has 2 aromatic heterocycles.